The number of hydrogen-bond donors (Lipinski definition) is 0. The average molecular weight is 312 g/mol. The van der Waals surface area contributed by atoms with Gasteiger partial charge in [0.2, 0.25) is 0 Å². The third-order valence-corrected chi connectivity index (χ3v) is 4.05. The van der Waals surface area contributed by atoms with Gasteiger partial charge in [-0.15, -0.1) is 22.9 Å². The van der Waals surface area contributed by atoms with Crippen LogP contribution in [-0.2, 0) is 0 Å². The molecule has 2 rings (SSSR count). The Kier molecular flexibility index (Phi) is 4.31. The van der Waals surface area contributed by atoms with E-state index in [2.05, 4.69) is 10.1 Å². The molecule has 0 bridgehead atoms. The second-order valence-electron chi connectivity index (χ2n) is 3.45. The second-order valence-corrected chi connectivity index (χ2v) is 6.26. The number of halogens is 3. The van der Waals surface area contributed by atoms with E-state index in [1.165, 1.54) is 11.3 Å². The summed E-state index contributed by atoms with van der Waals surface area (Å²) in [6, 6.07) is 1.70. The smallest absolute Gasteiger partial charge is 0.260 e. The molecule has 0 amide bonds. The topological polar surface area (TPSA) is 38.9 Å². The molecule has 0 aromatic carbocycles. The molecule has 0 N–H and O–H groups in total. The zero-order valence-corrected chi connectivity index (χ0v) is 12.0. The number of hydrogen-bond acceptors (Lipinski definition) is 4. The van der Waals surface area contributed by atoms with Gasteiger partial charge in [-0.05, 0) is 12.5 Å². The molecule has 3 nitrogen and oxygen atoms in total. The molecule has 0 fully saturated rings. The van der Waals surface area contributed by atoms with E-state index in [-0.39, 0.29) is 5.38 Å². The summed E-state index contributed by atoms with van der Waals surface area (Å²) < 4.78 is 6.25. The molecule has 0 saturated carbocycles. The molecule has 17 heavy (non-hydrogen) atoms. The Labute approximate surface area is 118 Å². The fraction of sp³-hybridized carbons (Fsp3) is 0.400. The van der Waals surface area contributed by atoms with Crippen LogP contribution in [0.15, 0.2) is 10.6 Å². The van der Waals surface area contributed by atoms with Gasteiger partial charge in [-0.25, -0.2) is 0 Å². The summed E-state index contributed by atoms with van der Waals surface area (Å²) in [5, 5.41) is 3.62. The fourth-order valence-electron chi connectivity index (χ4n) is 1.34. The molecular formula is C10H9Cl3N2OS. The first kappa shape index (κ1) is 13.1. The molecule has 2 heterocycles. The van der Waals surface area contributed by atoms with Crippen molar-refractivity contribution in [2.75, 3.05) is 0 Å². The van der Waals surface area contributed by atoms with Crippen LogP contribution in [0.5, 0.6) is 0 Å². The molecular weight excluding hydrogens is 303 g/mol. The Balaban J connectivity index is 2.26. The molecule has 1 atom stereocenters. The maximum atomic E-state index is 6.11. The monoisotopic (exact) mass is 310 g/mol. The maximum Gasteiger partial charge on any atom is 0.260 e. The summed E-state index contributed by atoms with van der Waals surface area (Å²) in [4.78, 5) is 4.23. The van der Waals surface area contributed by atoms with Crippen LogP contribution >= 0.6 is 46.1 Å². The number of aromatic nitrogens is 2. The third-order valence-electron chi connectivity index (χ3n) is 2.15. The van der Waals surface area contributed by atoms with E-state index in [4.69, 9.17) is 39.3 Å². The van der Waals surface area contributed by atoms with Crippen LogP contribution in [0, 0.1) is 0 Å². The third kappa shape index (κ3) is 2.94. The molecule has 1 unspecified atom stereocenters. The molecule has 0 aliphatic heterocycles. The van der Waals surface area contributed by atoms with Crippen molar-refractivity contribution in [2.24, 2.45) is 0 Å². The molecule has 2 aromatic rings. The lowest BCUT2D eigenvalue weighted by atomic mass is 10.2. The van der Waals surface area contributed by atoms with E-state index in [1.807, 2.05) is 6.92 Å². The zero-order chi connectivity index (χ0) is 12.4. The normalized spacial score (nSPS) is 12.9. The van der Waals surface area contributed by atoms with E-state index >= 15 is 0 Å². The molecule has 0 aliphatic carbocycles. The average Bonchev–Trinajstić information content (AvgIpc) is 2.85. The Bertz CT molecular complexity index is 511. The molecule has 0 spiro atoms. The van der Waals surface area contributed by atoms with E-state index in [9.17, 15) is 0 Å². The lowest BCUT2D eigenvalue weighted by molar-refractivity contribution is 0.420. The summed E-state index contributed by atoms with van der Waals surface area (Å²) in [7, 11) is 0. The van der Waals surface area contributed by atoms with Gasteiger partial charge in [0, 0.05) is 0 Å². The molecule has 0 aliphatic rings. The number of thiophene rings is 1. The standard InChI is InChI=1S/C10H9Cl3N2OS/c1-2-3-6(11)9-14-10(16-15-9)5-4-7(12)17-8(5)13/h4,6H,2-3H2,1H3. The molecule has 7 heteroatoms. The van der Waals surface area contributed by atoms with E-state index in [1.54, 1.807) is 6.07 Å². The van der Waals surface area contributed by atoms with Gasteiger partial charge in [0.25, 0.3) is 5.89 Å². The first-order chi connectivity index (χ1) is 8.11. The maximum absolute atomic E-state index is 6.11. The molecule has 0 radical (unpaired) electrons. The number of nitrogens with zero attached hydrogens (tertiary/aromatic N) is 2. The van der Waals surface area contributed by atoms with Gasteiger partial charge in [-0.1, -0.05) is 41.7 Å². The quantitative estimate of drug-likeness (QED) is 0.730. The largest absolute Gasteiger partial charge is 0.334 e. The summed E-state index contributed by atoms with van der Waals surface area (Å²) in [6.07, 6.45) is 1.77. The van der Waals surface area contributed by atoms with Gasteiger partial charge in [0.15, 0.2) is 5.82 Å². The Morgan fingerprint density at radius 3 is 2.82 bits per heavy atom. The van der Waals surface area contributed by atoms with Crippen LogP contribution in [0.2, 0.25) is 8.67 Å². The van der Waals surface area contributed by atoms with Gasteiger partial charge in [-0.3, -0.25) is 0 Å². The van der Waals surface area contributed by atoms with E-state index in [0.29, 0.717) is 26.0 Å². The van der Waals surface area contributed by atoms with Gasteiger partial charge < -0.3 is 4.52 Å². The lowest BCUT2D eigenvalue weighted by Gasteiger charge is -1.99. The van der Waals surface area contributed by atoms with Crippen molar-refractivity contribution in [1.82, 2.24) is 10.1 Å². The lowest BCUT2D eigenvalue weighted by Crippen LogP contribution is -1.92. The SMILES string of the molecule is CCCC(Cl)c1noc(-c2cc(Cl)sc2Cl)n1. The van der Waals surface area contributed by atoms with Crippen molar-refractivity contribution in [3.8, 4) is 11.5 Å². The molecule has 2 aromatic heterocycles. The van der Waals surface area contributed by atoms with Crippen molar-refractivity contribution in [3.63, 3.8) is 0 Å². The van der Waals surface area contributed by atoms with Gasteiger partial charge in [-0.2, -0.15) is 4.98 Å². The summed E-state index contributed by atoms with van der Waals surface area (Å²) in [5.74, 6) is 0.844. The minimum absolute atomic E-state index is 0.231. The molecule has 92 valence electrons. The minimum Gasteiger partial charge on any atom is -0.334 e. The molecule has 0 saturated heterocycles. The Morgan fingerprint density at radius 1 is 1.47 bits per heavy atom. The highest BCUT2D eigenvalue weighted by atomic mass is 35.5. The minimum atomic E-state index is -0.231. The van der Waals surface area contributed by atoms with Crippen LogP contribution in [0.3, 0.4) is 0 Å². The van der Waals surface area contributed by atoms with Crippen molar-refractivity contribution >= 4 is 46.1 Å². The first-order valence-corrected chi connectivity index (χ1v) is 7.05. The van der Waals surface area contributed by atoms with Crippen LogP contribution < -0.4 is 0 Å². The highest BCUT2D eigenvalue weighted by Gasteiger charge is 2.19. The number of alkyl halides is 1. The predicted molar refractivity (Wildman–Crippen MR) is 71.1 cm³/mol. The zero-order valence-electron chi connectivity index (χ0n) is 8.91. The van der Waals surface area contributed by atoms with Crippen LogP contribution in [-0.4, -0.2) is 10.1 Å². The second kappa shape index (κ2) is 5.57. The first-order valence-electron chi connectivity index (χ1n) is 5.04. The van der Waals surface area contributed by atoms with Crippen LogP contribution in [0.1, 0.15) is 31.0 Å². The Morgan fingerprint density at radius 2 is 2.24 bits per heavy atom. The van der Waals surface area contributed by atoms with Crippen molar-refractivity contribution < 1.29 is 4.52 Å². The van der Waals surface area contributed by atoms with Gasteiger partial charge >= 0.3 is 0 Å². The summed E-state index contributed by atoms with van der Waals surface area (Å²) in [5.41, 5.74) is 0.654. The predicted octanol–water partition coefficient (Wildman–Crippen LogP) is 5.18. The van der Waals surface area contributed by atoms with Crippen molar-refractivity contribution in [1.29, 1.82) is 0 Å². The summed E-state index contributed by atoms with van der Waals surface area (Å²) >= 11 is 19.2. The van der Waals surface area contributed by atoms with E-state index < -0.39 is 0 Å². The van der Waals surface area contributed by atoms with Crippen LogP contribution in [0.4, 0.5) is 0 Å². The Hall–Kier alpha value is -0.290. The summed E-state index contributed by atoms with van der Waals surface area (Å²) in [6.45, 7) is 2.05. The highest BCUT2D eigenvalue weighted by Crippen LogP contribution is 2.38. The highest BCUT2D eigenvalue weighted by molar-refractivity contribution is 7.20. The van der Waals surface area contributed by atoms with Gasteiger partial charge in [0.1, 0.15) is 4.34 Å². The van der Waals surface area contributed by atoms with Crippen LogP contribution in [0.25, 0.3) is 11.5 Å². The van der Waals surface area contributed by atoms with Gasteiger partial charge in [0.05, 0.1) is 15.3 Å². The van der Waals surface area contributed by atoms with Crippen molar-refractivity contribution in [2.45, 2.75) is 25.1 Å². The number of rotatable bonds is 4. The fourth-order valence-corrected chi connectivity index (χ4v) is 3.09. The van der Waals surface area contributed by atoms with E-state index in [0.717, 1.165) is 12.8 Å². The van der Waals surface area contributed by atoms with Crippen molar-refractivity contribution in [3.05, 3.63) is 20.6 Å².